The molecule has 224 valence electrons. The molecular weight excluding hydrogens is 470 g/mol. The SMILES string of the molecule is [C-]#[N+]C(CCCCCCCC/C=C\C/C=C\CCCCC)CCCCCCCC/C=C\C/C=C\CCCCC. The molecule has 0 aromatic carbocycles. The van der Waals surface area contributed by atoms with Gasteiger partial charge in [0, 0.05) is 12.8 Å². The Bertz CT molecular complexity index is 569. The average molecular weight is 538 g/mol. The summed E-state index contributed by atoms with van der Waals surface area (Å²) in [5.41, 5.74) is 0. The molecule has 0 atom stereocenters. The summed E-state index contributed by atoms with van der Waals surface area (Å²) < 4.78 is 0. The molecule has 0 bridgehead atoms. The van der Waals surface area contributed by atoms with Crippen molar-refractivity contribution in [1.29, 1.82) is 0 Å². The van der Waals surface area contributed by atoms with Gasteiger partial charge in [-0.15, -0.1) is 0 Å². The van der Waals surface area contributed by atoms with Crippen molar-refractivity contribution >= 4 is 0 Å². The third-order valence-electron chi connectivity index (χ3n) is 7.66. The Hall–Kier alpha value is -1.55. The van der Waals surface area contributed by atoms with Crippen molar-refractivity contribution < 1.29 is 0 Å². The van der Waals surface area contributed by atoms with Crippen LogP contribution in [0.1, 0.15) is 181 Å². The van der Waals surface area contributed by atoms with E-state index in [2.05, 4.69) is 67.3 Å². The lowest BCUT2D eigenvalue weighted by Crippen LogP contribution is -2.01. The van der Waals surface area contributed by atoms with Gasteiger partial charge in [0.1, 0.15) is 0 Å². The minimum absolute atomic E-state index is 0.279. The van der Waals surface area contributed by atoms with Crippen LogP contribution in [0.3, 0.4) is 0 Å². The van der Waals surface area contributed by atoms with Gasteiger partial charge in [-0.25, -0.2) is 6.57 Å². The van der Waals surface area contributed by atoms with Gasteiger partial charge in [-0.1, -0.05) is 140 Å². The van der Waals surface area contributed by atoms with Crippen LogP contribution in [0.25, 0.3) is 4.85 Å². The minimum Gasteiger partial charge on any atom is -0.314 e. The molecule has 0 aliphatic rings. The number of allylic oxidation sites excluding steroid dienone is 8. The quantitative estimate of drug-likeness (QED) is 0.0487. The topological polar surface area (TPSA) is 4.36 Å². The van der Waals surface area contributed by atoms with E-state index in [0.29, 0.717) is 0 Å². The lowest BCUT2D eigenvalue weighted by Gasteiger charge is -2.06. The van der Waals surface area contributed by atoms with Crippen molar-refractivity contribution in [1.82, 2.24) is 0 Å². The molecule has 1 heteroatoms. The largest absolute Gasteiger partial charge is 0.314 e. The van der Waals surface area contributed by atoms with Crippen LogP contribution in [0, 0.1) is 6.57 Å². The molecule has 0 aromatic heterocycles. The second-order valence-corrected chi connectivity index (χ2v) is 11.5. The maximum atomic E-state index is 7.55. The Kier molecular flexibility index (Phi) is 33.1. The Labute approximate surface area is 246 Å². The van der Waals surface area contributed by atoms with Gasteiger partial charge in [0.05, 0.1) is 0 Å². The maximum Gasteiger partial charge on any atom is 0.223 e. The molecule has 0 aromatic rings. The van der Waals surface area contributed by atoms with E-state index in [9.17, 15) is 0 Å². The third-order valence-corrected chi connectivity index (χ3v) is 7.66. The molecule has 0 aliphatic carbocycles. The fourth-order valence-corrected chi connectivity index (χ4v) is 5.01. The molecule has 0 unspecified atom stereocenters. The highest BCUT2D eigenvalue weighted by molar-refractivity contribution is 4.93. The molecule has 39 heavy (non-hydrogen) atoms. The molecule has 0 heterocycles. The monoisotopic (exact) mass is 538 g/mol. The zero-order chi connectivity index (χ0) is 28.3. The molecule has 0 saturated heterocycles. The maximum absolute atomic E-state index is 7.55. The Balaban J connectivity index is 3.41. The van der Waals surface area contributed by atoms with Crippen molar-refractivity contribution in [3.8, 4) is 0 Å². The summed E-state index contributed by atoms with van der Waals surface area (Å²) >= 11 is 0. The summed E-state index contributed by atoms with van der Waals surface area (Å²) in [6.07, 6.45) is 52.1. The van der Waals surface area contributed by atoms with Crippen molar-refractivity contribution in [2.45, 2.75) is 187 Å². The minimum atomic E-state index is 0.279. The first-order valence-electron chi connectivity index (χ1n) is 17.3. The summed E-state index contributed by atoms with van der Waals surface area (Å²) in [6.45, 7) is 12.1. The van der Waals surface area contributed by atoms with E-state index in [1.165, 1.54) is 141 Å². The molecule has 0 N–H and O–H groups in total. The summed E-state index contributed by atoms with van der Waals surface area (Å²) in [5.74, 6) is 0. The first-order valence-corrected chi connectivity index (χ1v) is 17.3. The van der Waals surface area contributed by atoms with Crippen molar-refractivity contribution in [3.63, 3.8) is 0 Å². The van der Waals surface area contributed by atoms with Gasteiger partial charge >= 0.3 is 0 Å². The highest BCUT2D eigenvalue weighted by atomic mass is 14.7. The van der Waals surface area contributed by atoms with E-state index in [-0.39, 0.29) is 6.04 Å². The third kappa shape index (κ3) is 32.6. The van der Waals surface area contributed by atoms with Crippen molar-refractivity contribution in [2.24, 2.45) is 0 Å². The number of hydrogen-bond donors (Lipinski definition) is 0. The highest BCUT2D eigenvalue weighted by Gasteiger charge is 2.11. The first kappa shape index (κ1) is 37.5. The lowest BCUT2D eigenvalue weighted by atomic mass is 10.0. The van der Waals surface area contributed by atoms with Gasteiger partial charge in [-0.3, -0.25) is 0 Å². The van der Waals surface area contributed by atoms with Gasteiger partial charge in [0.25, 0.3) is 0 Å². The average Bonchev–Trinajstić information content (AvgIpc) is 2.95. The van der Waals surface area contributed by atoms with E-state index < -0.39 is 0 Å². The molecular formula is C38H67N. The molecule has 0 saturated carbocycles. The molecule has 0 fully saturated rings. The van der Waals surface area contributed by atoms with Gasteiger partial charge in [0.15, 0.2) is 0 Å². The molecule has 1 nitrogen and oxygen atoms in total. The summed E-state index contributed by atoms with van der Waals surface area (Å²) in [4.78, 5) is 3.93. The van der Waals surface area contributed by atoms with Crippen molar-refractivity contribution in [2.75, 3.05) is 0 Å². The Morgan fingerprint density at radius 1 is 0.410 bits per heavy atom. The fraction of sp³-hybridized carbons (Fsp3) is 0.763. The van der Waals surface area contributed by atoms with Gasteiger partial charge in [-0.2, -0.15) is 0 Å². The summed E-state index contributed by atoms with van der Waals surface area (Å²) in [6, 6.07) is 0.279. The van der Waals surface area contributed by atoms with Gasteiger partial charge in [-0.05, 0) is 77.0 Å². The molecule has 0 amide bonds. The zero-order valence-corrected chi connectivity index (χ0v) is 26.5. The normalized spacial score (nSPS) is 12.3. The first-order chi connectivity index (χ1) is 19.3. The standard InChI is InChI=1S/C38H67N/c1-4-6-8-10-12-14-16-18-20-22-24-26-28-30-32-34-36-38(39-3)37-35-33-31-29-27-25-23-21-19-17-15-13-11-9-7-5-2/h12-15,18-21,38H,4-11,16-17,22-37H2,1-2H3/b14-12-,15-13-,20-18-,21-19-. The van der Waals surface area contributed by atoms with Gasteiger partial charge < -0.3 is 4.85 Å². The number of nitrogens with zero attached hydrogens (tertiary/aromatic N) is 1. The predicted octanol–water partition coefficient (Wildman–Crippen LogP) is 13.7. The second kappa shape index (κ2) is 34.5. The summed E-state index contributed by atoms with van der Waals surface area (Å²) in [7, 11) is 0. The Morgan fingerprint density at radius 3 is 1.05 bits per heavy atom. The van der Waals surface area contributed by atoms with Crippen LogP contribution in [-0.2, 0) is 0 Å². The molecule has 0 rings (SSSR count). The van der Waals surface area contributed by atoms with Crippen LogP contribution in [0.5, 0.6) is 0 Å². The summed E-state index contributed by atoms with van der Waals surface area (Å²) in [5, 5.41) is 0. The van der Waals surface area contributed by atoms with Crippen LogP contribution >= 0.6 is 0 Å². The Morgan fingerprint density at radius 2 is 0.718 bits per heavy atom. The van der Waals surface area contributed by atoms with Crippen LogP contribution in [0.2, 0.25) is 0 Å². The van der Waals surface area contributed by atoms with Crippen molar-refractivity contribution in [3.05, 3.63) is 60.0 Å². The molecule has 0 radical (unpaired) electrons. The van der Waals surface area contributed by atoms with Gasteiger partial charge in [0.2, 0.25) is 6.04 Å². The number of unbranched alkanes of at least 4 members (excludes halogenated alkanes) is 18. The number of hydrogen-bond acceptors (Lipinski definition) is 0. The highest BCUT2D eigenvalue weighted by Crippen LogP contribution is 2.17. The molecule has 0 spiro atoms. The zero-order valence-electron chi connectivity index (χ0n) is 26.5. The van der Waals surface area contributed by atoms with E-state index in [1.807, 2.05) is 0 Å². The van der Waals surface area contributed by atoms with E-state index >= 15 is 0 Å². The van der Waals surface area contributed by atoms with E-state index in [4.69, 9.17) is 6.57 Å². The van der Waals surface area contributed by atoms with E-state index in [0.717, 1.165) is 25.7 Å². The molecule has 0 aliphatic heterocycles. The van der Waals surface area contributed by atoms with Crippen LogP contribution in [0.4, 0.5) is 0 Å². The van der Waals surface area contributed by atoms with Crippen LogP contribution < -0.4 is 0 Å². The van der Waals surface area contributed by atoms with E-state index in [1.54, 1.807) is 0 Å². The lowest BCUT2D eigenvalue weighted by molar-refractivity contribution is 0.514. The number of rotatable bonds is 30. The van der Waals surface area contributed by atoms with Crippen LogP contribution in [-0.4, -0.2) is 6.04 Å². The second-order valence-electron chi connectivity index (χ2n) is 11.5. The van der Waals surface area contributed by atoms with Crippen LogP contribution in [0.15, 0.2) is 48.6 Å². The predicted molar refractivity (Wildman–Crippen MR) is 178 cm³/mol. The fourth-order valence-electron chi connectivity index (χ4n) is 5.01. The smallest absolute Gasteiger partial charge is 0.223 e.